The van der Waals surface area contributed by atoms with Crippen LogP contribution in [0.3, 0.4) is 0 Å². The second-order valence-electron chi connectivity index (χ2n) is 4.11. The lowest BCUT2D eigenvalue weighted by molar-refractivity contribution is 0.161. The van der Waals surface area contributed by atoms with Gasteiger partial charge in [-0.2, -0.15) is 0 Å². The maximum absolute atomic E-state index is 9.49. The smallest absolute Gasteiger partial charge is 0.115 e. The van der Waals surface area contributed by atoms with Crippen molar-refractivity contribution in [3.05, 3.63) is 0 Å². The van der Waals surface area contributed by atoms with Gasteiger partial charge in [0.1, 0.15) is 6.10 Å². The summed E-state index contributed by atoms with van der Waals surface area (Å²) in [5.74, 6) is 7.46. The van der Waals surface area contributed by atoms with Crippen molar-refractivity contribution < 1.29 is 5.11 Å². The second-order valence-corrected chi connectivity index (χ2v) is 4.11. The summed E-state index contributed by atoms with van der Waals surface area (Å²) in [7, 11) is 0. The standard InChI is InChI=1S/C11H16O/c12-11(7-6-9-4-5-9)8-10-2-1-3-10/h9-12H,1-5,8H2. The fourth-order valence-electron chi connectivity index (χ4n) is 1.54. The molecule has 0 spiro atoms. The van der Waals surface area contributed by atoms with E-state index < -0.39 is 0 Å². The molecule has 12 heavy (non-hydrogen) atoms. The number of aliphatic hydroxyl groups is 1. The fraction of sp³-hybridized carbons (Fsp3) is 0.818. The highest BCUT2D eigenvalue weighted by atomic mass is 16.3. The lowest BCUT2D eigenvalue weighted by Gasteiger charge is -2.25. The summed E-state index contributed by atoms with van der Waals surface area (Å²) in [6.07, 6.45) is 7.06. The van der Waals surface area contributed by atoms with Crippen LogP contribution in [0.2, 0.25) is 0 Å². The maximum Gasteiger partial charge on any atom is 0.115 e. The summed E-state index contributed by atoms with van der Waals surface area (Å²) < 4.78 is 0. The maximum atomic E-state index is 9.49. The quantitative estimate of drug-likeness (QED) is 0.618. The van der Waals surface area contributed by atoms with Crippen LogP contribution in [-0.4, -0.2) is 11.2 Å². The van der Waals surface area contributed by atoms with Crippen LogP contribution in [0, 0.1) is 23.7 Å². The SMILES string of the molecule is OC(C#CC1CC1)CC1CCC1. The zero-order valence-corrected chi connectivity index (χ0v) is 7.42. The van der Waals surface area contributed by atoms with Gasteiger partial charge in [0.15, 0.2) is 0 Å². The fourth-order valence-corrected chi connectivity index (χ4v) is 1.54. The van der Waals surface area contributed by atoms with Gasteiger partial charge in [-0.15, -0.1) is 0 Å². The summed E-state index contributed by atoms with van der Waals surface area (Å²) in [6.45, 7) is 0. The molecule has 1 atom stereocenters. The van der Waals surface area contributed by atoms with Crippen molar-refractivity contribution >= 4 is 0 Å². The lowest BCUT2D eigenvalue weighted by Crippen LogP contribution is -2.17. The van der Waals surface area contributed by atoms with Crippen molar-refractivity contribution in [3.8, 4) is 11.8 Å². The van der Waals surface area contributed by atoms with E-state index in [2.05, 4.69) is 11.8 Å². The van der Waals surface area contributed by atoms with Crippen molar-refractivity contribution in [2.45, 2.75) is 44.6 Å². The molecule has 2 rings (SSSR count). The van der Waals surface area contributed by atoms with Crippen molar-refractivity contribution in [2.24, 2.45) is 11.8 Å². The monoisotopic (exact) mass is 164 g/mol. The minimum Gasteiger partial charge on any atom is -0.380 e. The van der Waals surface area contributed by atoms with Crippen LogP contribution in [0.1, 0.15) is 38.5 Å². The number of hydrogen-bond acceptors (Lipinski definition) is 1. The molecule has 1 heteroatoms. The van der Waals surface area contributed by atoms with E-state index in [4.69, 9.17) is 0 Å². The minimum atomic E-state index is -0.337. The highest BCUT2D eigenvalue weighted by Crippen LogP contribution is 2.31. The zero-order chi connectivity index (χ0) is 8.39. The molecule has 2 fully saturated rings. The summed E-state index contributed by atoms with van der Waals surface area (Å²) in [4.78, 5) is 0. The zero-order valence-electron chi connectivity index (χ0n) is 7.42. The Hall–Kier alpha value is -0.480. The Labute approximate surface area is 74.2 Å². The predicted octanol–water partition coefficient (Wildman–Crippen LogP) is 1.95. The van der Waals surface area contributed by atoms with E-state index in [-0.39, 0.29) is 6.10 Å². The van der Waals surface area contributed by atoms with Crippen LogP contribution in [0.4, 0.5) is 0 Å². The third-order valence-corrected chi connectivity index (χ3v) is 2.81. The molecule has 0 heterocycles. The number of rotatable bonds is 2. The van der Waals surface area contributed by atoms with E-state index in [1.54, 1.807) is 0 Å². The molecule has 2 saturated carbocycles. The summed E-state index contributed by atoms with van der Waals surface area (Å²) in [5, 5.41) is 9.49. The van der Waals surface area contributed by atoms with Gasteiger partial charge in [-0.3, -0.25) is 0 Å². The molecule has 0 radical (unpaired) electrons. The molecule has 1 nitrogen and oxygen atoms in total. The van der Waals surface area contributed by atoms with Crippen LogP contribution in [0.15, 0.2) is 0 Å². The first kappa shape index (κ1) is 8.13. The molecule has 66 valence electrons. The van der Waals surface area contributed by atoms with Gasteiger partial charge in [0.25, 0.3) is 0 Å². The molecule has 0 bridgehead atoms. The average molecular weight is 164 g/mol. The molecule has 2 aliphatic carbocycles. The minimum absolute atomic E-state index is 0.337. The first-order valence-electron chi connectivity index (χ1n) is 5.04. The summed E-state index contributed by atoms with van der Waals surface area (Å²) in [5.41, 5.74) is 0. The van der Waals surface area contributed by atoms with Crippen LogP contribution < -0.4 is 0 Å². The highest BCUT2D eigenvalue weighted by molar-refractivity contribution is 5.12. The van der Waals surface area contributed by atoms with E-state index in [0.29, 0.717) is 5.92 Å². The Bertz CT molecular complexity index is 203. The Morgan fingerprint density at radius 2 is 2.00 bits per heavy atom. The molecule has 0 saturated heterocycles. The van der Waals surface area contributed by atoms with E-state index in [1.807, 2.05) is 0 Å². The van der Waals surface area contributed by atoms with Gasteiger partial charge >= 0.3 is 0 Å². The topological polar surface area (TPSA) is 20.2 Å². The molecule has 1 unspecified atom stereocenters. The van der Waals surface area contributed by atoms with Gasteiger partial charge in [0.2, 0.25) is 0 Å². The molecule has 0 amide bonds. The molecular formula is C11H16O. The molecule has 0 aromatic heterocycles. The van der Waals surface area contributed by atoms with E-state index in [0.717, 1.165) is 12.3 Å². The third kappa shape index (κ3) is 2.25. The van der Waals surface area contributed by atoms with E-state index >= 15 is 0 Å². The van der Waals surface area contributed by atoms with Crippen LogP contribution in [-0.2, 0) is 0 Å². The lowest BCUT2D eigenvalue weighted by atomic mass is 9.81. The first-order valence-corrected chi connectivity index (χ1v) is 5.04. The van der Waals surface area contributed by atoms with Crippen molar-refractivity contribution in [1.29, 1.82) is 0 Å². The second kappa shape index (κ2) is 3.49. The van der Waals surface area contributed by atoms with Gasteiger partial charge < -0.3 is 5.11 Å². The van der Waals surface area contributed by atoms with E-state index in [9.17, 15) is 5.11 Å². The van der Waals surface area contributed by atoms with Gasteiger partial charge in [0, 0.05) is 5.92 Å². The Morgan fingerprint density at radius 1 is 1.25 bits per heavy atom. The van der Waals surface area contributed by atoms with E-state index in [1.165, 1.54) is 32.1 Å². The normalized spacial score (nSPS) is 25.4. The van der Waals surface area contributed by atoms with Gasteiger partial charge in [0.05, 0.1) is 0 Å². The molecule has 2 aliphatic rings. The van der Waals surface area contributed by atoms with Crippen LogP contribution in [0.25, 0.3) is 0 Å². The number of hydrogen-bond donors (Lipinski definition) is 1. The molecular weight excluding hydrogens is 148 g/mol. The molecule has 0 aromatic rings. The van der Waals surface area contributed by atoms with Gasteiger partial charge in [-0.25, -0.2) is 0 Å². The highest BCUT2D eigenvalue weighted by Gasteiger charge is 2.21. The molecule has 0 aliphatic heterocycles. The average Bonchev–Trinajstić information content (AvgIpc) is 2.76. The largest absolute Gasteiger partial charge is 0.380 e. The molecule has 0 aromatic carbocycles. The van der Waals surface area contributed by atoms with Crippen molar-refractivity contribution in [2.75, 3.05) is 0 Å². The Kier molecular flexibility index (Phi) is 2.37. The summed E-state index contributed by atoms with van der Waals surface area (Å²) >= 11 is 0. The predicted molar refractivity (Wildman–Crippen MR) is 48.5 cm³/mol. The van der Waals surface area contributed by atoms with Crippen LogP contribution >= 0.6 is 0 Å². The summed E-state index contributed by atoms with van der Waals surface area (Å²) in [6, 6.07) is 0. The van der Waals surface area contributed by atoms with Crippen molar-refractivity contribution in [3.63, 3.8) is 0 Å². The Morgan fingerprint density at radius 3 is 2.50 bits per heavy atom. The van der Waals surface area contributed by atoms with Gasteiger partial charge in [-0.1, -0.05) is 31.1 Å². The van der Waals surface area contributed by atoms with Gasteiger partial charge in [-0.05, 0) is 25.2 Å². The molecule has 1 N–H and O–H groups in total. The Balaban J connectivity index is 1.68. The first-order chi connectivity index (χ1) is 5.84. The third-order valence-electron chi connectivity index (χ3n) is 2.81. The van der Waals surface area contributed by atoms with Crippen LogP contribution in [0.5, 0.6) is 0 Å². The van der Waals surface area contributed by atoms with Crippen molar-refractivity contribution in [1.82, 2.24) is 0 Å². The number of aliphatic hydroxyl groups excluding tert-OH is 1.